The Morgan fingerprint density at radius 2 is 1.07 bits per heavy atom. The van der Waals surface area contributed by atoms with Gasteiger partial charge in [-0.15, -0.1) is 0 Å². The monoisotopic (exact) mass is 628 g/mol. The largest absolute Gasteiger partial charge is 0.512 e. The average molecular weight is 629 g/mol. The molecule has 1 fully saturated rings. The molecule has 2 aliphatic heterocycles. The second-order valence-electron chi connectivity index (χ2n) is 11.8. The first-order valence-corrected chi connectivity index (χ1v) is 17.6. The molecule has 1 saturated heterocycles. The van der Waals surface area contributed by atoms with Gasteiger partial charge in [0.2, 0.25) is 20.0 Å². The van der Waals surface area contributed by atoms with Crippen molar-refractivity contribution >= 4 is 20.0 Å². The van der Waals surface area contributed by atoms with Gasteiger partial charge >= 0.3 is 0 Å². The van der Waals surface area contributed by atoms with Gasteiger partial charge in [0.25, 0.3) is 0 Å². The third-order valence-corrected chi connectivity index (χ3v) is 12.6. The van der Waals surface area contributed by atoms with E-state index in [-0.39, 0.29) is 34.9 Å². The molecule has 0 saturated carbocycles. The second-order valence-corrected chi connectivity index (χ2v) is 15.5. The molecular weight excluding hydrogens is 593 g/mol. The van der Waals surface area contributed by atoms with E-state index in [9.17, 15) is 21.9 Å². The third-order valence-electron chi connectivity index (χ3n) is 8.76. The molecule has 3 atom stereocenters. The fourth-order valence-corrected chi connectivity index (χ4v) is 9.72. The number of aliphatic hydroxyl groups is 1. The van der Waals surface area contributed by atoms with Gasteiger partial charge in [-0.05, 0) is 62.6 Å². The quantitative estimate of drug-likeness (QED) is 0.255. The fourth-order valence-electron chi connectivity index (χ4n) is 6.31. The maximum Gasteiger partial charge on any atom is 0.244 e. The van der Waals surface area contributed by atoms with Crippen LogP contribution in [0.15, 0.2) is 124 Å². The molecular formula is C35H36N2O5S2. The van der Waals surface area contributed by atoms with Crippen molar-refractivity contribution in [3.63, 3.8) is 0 Å². The van der Waals surface area contributed by atoms with E-state index in [0.29, 0.717) is 5.57 Å². The van der Waals surface area contributed by atoms with Crippen LogP contribution in [0.5, 0.6) is 0 Å². The lowest BCUT2D eigenvalue weighted by Crippen LogP contribution is -2.54. The summed E-state index contributed by atoms with van der Waals surface area (Å²) in [7, 11) is -8.09. The molecule has 2 heterocycles. The summed E-state index contributed by atoms with van der Waals surface area (Å²) in [6, 6.07) is 28.4. The molecule has 4 aromatic carbocycles. The number of hydrogen-bond acceptors (Lipinski definition) is 5. The van der Waals surface area contributed by atoms with Crippen molar-refractivity contribution in [2.24, 2.45) is 0 Å². The number of aliphatic hydroxyl groups excluding tert-OH is 1. The van der Waals surface area contributed by atoms with Crippen molar-refractivity contribution < 1.29 is 21.9 Å². The van der Waals surface area contributed by atoms with Crippen molar-refractivity contribution in [2.45, 2.75) is 61.5 Å². The Morgan fingerprint density at radius 3 is 1.61 bits per heavy atom. The Hall–Kier alpha value is -3.76. The van der Waals surface area contributed by atoms with Crippen molar-refractivity contribution in [2.75, 3.05) is 6.54 Å². The van der Waals surface area contributed by atoms with Gasteiger partial charge in [-0.25, -0.2) is 16.8 Å². The summed E-state index contributed by atoms with van der Waals surface area (Å²) in [5.74, 6) is 0.0330. The zero-order valence-electron chi connectivity index (χ0n) is 25.0. The zero-order valence-corrected chi connectivity index (χ0v) is 26.6. The number of rotatable bonds is 6. The molecule has 0 bridgehead atoms. The van der Waals surface area contributed by atoms with E-state index in [1.54, 1.807) is 48.5 Å². The number of benzene rings is 4. The van der Waals surface area contributed by atoms with Crippen LogP contribution in [0.3, 0.4) is 0 Å². The molecule has 6 rings (SSSR count). The van der Waals surface area contributed by atoms with Crippen LogP contribution in [0.25, 0.3) is 0 Å². The molecule has 9 heteroatoms. The topological polar surface area (TPSA) is 95.0 Å². The number of sulfonamides is 2. The first kappa shape index (κ1) is 30.3. The fraction of sp³-hybridized carbons (Fsp3) is 0.257. The zero-order chi connectivity index (χ0) is 31.2. The highest BCUT2D eigenvalue weighted by molar-refractivity contribution is 7.89. The molecule has 2 aliphatic rings. The van der Waals surface area contributed by atoms with Gasteiger partial charge in [-0.2, -0.15) is 8.61 Å². The lowest BCUT2D eigenvalue weighted by atomic mass is 9.84. The van der Waals surface area contributed by atoms with E-state index in [1.165, 1.54) is 8.61 Å². The SMILES string of the molecule is Cc1ccc(C2C[C@H]3C(=C(O)CC(c4ccccc4)N3S(=O)(=O)c3ccc(C)cc3)CN2S(=O)(=O)c2ccc(C)cc2)cc1. The highest BCUT2D eigenvalue weighted by Crippen LogP contribution is 2.48. The number of piperidine rings is 1. The minimum Gasteiger partial charge on any atom is -0.512 e. The van der Waals surface area contributed by atoms with Crippen LogP contribution in [0.4, 0.5) is 0 Å². The van der Waals surface area contributed by atoms with Crippen molar-refractivity contribution in [1.29, 1.82) is 0 Å². The molecule has 0 aromatic heterocycles. The Balaban J connectivity index is 1.53. The number of aryl methyl sites for hydroxylation is 3. The molecule has 1 N–H and O–H groups in total. The summed E-state index contributed by atoms with van der Waals surface area (Å²) >= 11 is 0. The lowest BCUT2D eigenvalue weighted by Gasteiger charge is -2.48. The van der Waals surface area contributed by atoms with Gasteiger partial charge in [0.05, 0.1) is 33.7 Å². The molecule has 7 nitrogen and oxygen atoms in total. The van der Waals surface area contributed by atoms with Crippen LogP contribution in [0.2, 0.25) is 0 Å². The first-order valence-electron chi connectivity index (χ1n) is 14.7. The average Bonchev–Trinajstić information content (AvgIpc) is 3.01. The van der Waals surface area contributed by atoms with Crippen molar-refractivity contribution in [3.8, 4) is 0 Å². The summed E-state index contributed by atoms with van der Waals surface area (Å²) in [4.78, 5) is 0.312. The van der Waals surface area contributed by atoms with Crippen LogP contribution >= 0.6 is 0 Å². The smallest absolute Gasteiger partial charge is 0.244 e. The molecule has 0 radical (unpaired) electrons. The minimum atomic E-state index is -4.07. The van der Waals surface area contributed by atoms with Crippen LogP contribution in [0, 0.1) is 20.8 Å². The highest BCUT2D eigenvalue weighted by Gasteiger charge is 2.50. The van der Waals surface area contributed by atoms with E-state index in [0.717, 1.165) is 27.8 Å². The molecule has 4 aromatic rings. The van der Waals surface area contributed by atoms with Crippen LogP contribution in [-0.2, 0) is 20.0 Å². The summed E-state index contributed by atoms with van der Waals surface area (Å²) in [5.41, 5.74) is 4.84. The highest BCUT2D eigenvalue weighted by atomic mass is 32.2. The minimum absolute atomic E-state index is 0.0330. The van der Waals surface area contributed by atoms with Crippen LogP contribution in [-0.4, -0.2) is 43.1 Å². The summed E-state index contributed by atoms with van der Waals surface area (Å²) in [6.45, 7) is 5.63. The predicted octanol–water partition coefficient (Wildman–Crippen LogP) is 6.76. The van der Waals surface area contributed by atoms with E-state index >= 15 is 0 Å². The molecule has 0 aliphatic carbocycles. The number of nitrogens with zero attached hydrogens (tertiary/aromatic N) is 2. The summed E-state index contributed by atoms with van der Waals surface area (Å²) in [5, 5.41) is 11.5. The maximum atomic E-state index is 14.6. The van der Waals surface area contributed by atoms with Gasteiger partial charge < -0.3 is 5.11 Å². The van der Waals surface area contributed by atoms with Gasteiger partial charge in [-0.3, -0.25) is 0 Å². The van der Waals surface area contributed by atoms with Crippen molar-refractivity contribution in [3.05, 3.63) is 142 Å². The summed E-state index contributed by atoms with van der Waals surface area (Å²) < 4.78 is 60.5. The maximum absolute atomic E-state index is 14.6. The summed E-state index contributed by atoms with van der Waals surface area (Å²) in [6.07, 6.45) is 0.177. The standard InChI is InChI=1S/C35H36N2O5S2/c1-24-9-15-28(16-10-24)32-21-34-31(23-36(32)43(39,40)29-17-11-25(2)12-18-29)35(38)22-33(27-7-5-4-6-8-27)37(34)44(41,42)30-19-13-26(3)14-20-30/h4-20,32-34,38H,21-23H2,1-3H3/t32?,33?,34-/m0/s1. The number of hydrogen-bond donors (Lipinski definition) is 1. The number of fused-ring (bicyclic) bond motifs is 1. The Morgan fingerprint density at radius 1 is 0.591 bits per heavy atom. The van der Waals surface area contributed by atoms with Crippen molar-refractivity contribution in [1.82, 2.24) is 8.61 Å². The molecule has 0 amide bonds. The Bertz CT molecular complexity index is 1900. The van der Waals surface area contributed by atoms with Crippen LogP contribution in [0.1, 0.15) is 52.7 Å². The van der Waals surface area contributed by atoms with E-state index < -0.39 is 38.2 Å². The second kappa shape index (κ2) is 11.6. The lowest BCUT2D eigenvalue weighted by molar-refractivity contribution is 0.144. The normalized spacial score (nSPS) is 21.7. The molecule has 0 spiro atoms. The predicted molar refractivity (Wildman–Crippen MR) is 171 cm³/mol. The van der Waals surface area contributed by atoms with Crippen LogP contribution < -0.4 is 0 Å². The molecule has 44 heavy (non-hydrogen) atoms. The Labute approximate surface area is 260 Å². The molecule has 2 unspecified atom stereocenters. The van der Waals surface area contributed by atoms with Gasteiger partial charge in [0.1, 0.15) is 0 Å². The Kier molecular flexibility index (Phi) is 8.00. The van der Waals surface area contributed by atoms with E-state index in [2.05, 4.69) is 0 Å². The van der Waals surface area contributed by atoms with E-state index in [1.807, 2.05) is 75.4 Å². The first-order chi connectivity index (χ1) is 21.0. The van der Waals surface area contributed by atoms with E-state index in [4.69, 9.17) is 0 Å². The van der Waals surface area contributed by atoms with Gasteiger partial charge in [0.15, 0.2) is 0 Å². The third kappa shape index (κ3) is 5.49. The molecule has 228 valence electrons. The van der Waals surface area contributed by atoms with Gasteiger partial charge in [-0.1, -0.05) is 95.6 Å². The van der Waals surface area contributed by atoms with Gasteiger partial charge in [0, 0.05) is 18.5 Å².